The zero-order valence-electron chi connectivity index (χ0n) is 11.1. The molecule has 0 spiro atoms. The monoisotopic (exact) mass is 261 g/mol. The van der Waals surface area contributed by atoms with Gasteiger partial charge in [0.1, 0.15) is 0 Å². The SMILES string of the molecule is C[C@@H](NC1C2CC3CC(C2)CC1C3)c1cccs1. The van der Waals surface area contributed by atoms with E-state index in [1.165, 1.54) is 30.6 Å². The first kappa shape index (κ1) is 11.5. The summed E-state index contributed by atoms with van der Waals surface area (Å²) >= 11 is 1.89. The van der Waals surface area contributed by atoms with E-state index in [4.69, 9.17) is 0 Å². The van der Waals surface area contributed by atoms with Crippen molar-refractivity contribution in [2.75, 3.05) is 0 Å². The quantitative estimate of drug-likeness (QED) is 0.859. The molecule has 0 radical (unpaired) electrons. The van der Waals surface area contributed by atoms with E-state index in [2.05, 4.69) is 29.8 Å². The third kappa shape index (κ3) is 1.85. The minimum Gasteiger partial charge on any atom is -0.306 e. The highest BCUT2D eigenvalue weighted by Gasteiger charge is 2.48. The van der Waals surface area contributed by atoms with E-state index in [0.29, 0.717) is 6.04 Å². The van der Waals surface area contributed by atoms with E-state index in [9.17, 15) is 0 Å². The molecule has 1 heterocycles. The van der Waals surface area contributed by atoms with Gasteiger partial charge in [0.15, 0.2) is 0 Å². The number of rotatable bonds is 3. The van der Waals surface area contributed by atoms with Crippen LogP contribution >= 0.6 is 11.3 Å². The van der Waals surface area contributed by atoms with Crippen LogP contribution in [0.4, 0.5) is 0 Å². The van der Waals surface area contributed by atoms with Crippen molar-refractivity contribution in [3.63, 3.8) is 0 Å². The van der Waals surface area contributed by atoms with E-state index in [0.717, 1.165) is 29.7 Å². The van der Waals surface area contributed by atoms with Gasteiger partial charge in [-0.25, -0.2) is 0 Å². The maximum atomic E-state index is 3.97. The van der Waals surface area contributed by atoms with Crippen LogP contribution < -0.4 is 5.32 Å². The molecule has 18 heavy (non-hydrogen) atoms. The molecular weight excluding hydrogens is 238 g/mol. The molecule has 0 unspecified atom stereocenters. The molecule has 1 atom stereocenters. The summed E-state index contributed by atoms with van der Waals surface area (Å²) in [5.41, 5.74) is 0. The Kier molecular flexibility index (Phi) is 2.77. The minimum atomic E-state index is 0.549. The van der Waals surface area contributed by atoms with Crippen LogP contribution in [0.15, 0.2) is 17.5 Å². The maximum absolute atomic E-state index is 3.97. The van der Waals surface area contributed by atoms with Crippen LogP contribution in [0.25, 0.3) is 0 Å². The van der Waals surface area contributed by atoms with Gasteiger partial charge < -0.3 is 5.32 Å². The molecule has 2 heteroatoms. The predicted octanol–water partition coefficient (Wildman–Crippen LogP) is 4.22. The van der Waals surface area contributed by atoms with Gasteiger partial charge in [0.05, 0.1) is 0 Å². The van der Waals surface area contributed by atoms with Crippen molar-refractivity contribution in [1.82, 2.24) is 5.32 Å². The van der Waals surface area contributed by atoms with Crippen LogP contribution in [-0.4, -0.2) is 6.04 Å². The summed E-state index contributed by atoms with van der Waals surface area (Å²) in [6, 6.07) is 5.82. The van der Waals surface area contributed by atoms with Crippen LogP contribution in [0, 0.1) is 23.7 Å². The first-order valence-electron chi connectivity index (χ1n) is 7.59. The molecule has 1 nitrogen and oxygen atoms in total. The lowest BCUT2D eigenvalue weighted by Gasteiger charge is -2.55. The summed E-state index contributed by atoms with van der Waals surface area (Å²) in [5.74, 6) is 4.15. The van der Waals surface area contributed by atoms with Gasteiger partial charge in [0.2, 0.25) is 0 Å². The van der Waals surface area contributed by atoms with Crippen molar-refractivity contribution in [2.45, 2.75) is 51.1 Å². The average molecular weight is 261 g/mol. The third-order valence-corrected chi connectivity index (χ3v) is 6.69. The van der Waals surface area contributed by atoms with Gasteiger partial charge in [0.25, 0.3) is 0 Å². The summed E-state index contributed by atoms with van der Waals surface area (Å²) in [6.07, 6.45) is 7.62. The van der Waals surface area contributed by atoms with Crippen molar-refractivity contribution in [3.05, 3.63) is 22.4 Å². The number of hydrogen-bond donors (Lipinski definition) is 1. The predicted molar refractivity (Wildman–Crippen MR) is 76.7 cm³/mol. The largest absolute Gasteiger partial charge is 0.306 e. The molecule has 4 aliphatic rings. The Hall–Kier alpha value is -0.340. The average Bonchev–Trinajstić information content (AvgIpc) is 2.86. The number of hydrogen-bond acceptors (Lipinski definition) is 2. The van der Waals surface area contributed by atoms with Gasteiger partial charge in [-0.05, 0) is 74.1 Å². The molecular formula is C16H23NS. The fourth-order valence-electron chi connectivity index (χ4n) is 5.11. The molecule has 1 aromatic rings. The van der Waals surface area contributed by atoms with E-state index in [1.807, 2.05) is 11.3 Å². The second-order valence-electron chi connectivity index (χ2n) is 6.86. The Balaban J connectivity index is 1.49. The molecule has 0 aromatic carbocycles. The Morgan fingerprint density at radius 2 is 1.78 bits per heavy atom. The molecule has 98 valence electrons. The van der Waals surface area contributed by atoms with Gasteiger partial charge in [-0.1, -0.05) is 6.07 Å². The summed E-state index contributed by atoms with van der Waals surface area (Å²) in [4.78, 5) is 1.50. The molecule has 4 bridgehead atoms. The first-order chi connectivity index (χ1) is 8.79. The number of nitrogens with one attached hydrogen (secondary N) is 1. The molecule has 0 saturated heterocycles. The maximum Gasteiger partial charge on any atom is 0.0388 e. The summed E-state index contributed by atoms with van der Waals surface area (Å²) in [7, 11) is 0. The van der Waals surface area contributed by atoms with Crippen LogP contribution in [0.1, 0.15) is 49.9 Å². The molecule has 0 amide bonds. The van der Waals surface area contributed by atoms with Crippen LogP contribution in [0.2, 0.25) is 0 Å². The second kappa shape index (κ2) is 4.35. The molecule has 4 fully saturated rings. The van der Waals surface area contributed by atoms with Gasteiger partial charge in [-0.3, -0.25) is 0 Å². The fourth-order valence-corrected chi connectivity index (χ4v) is 5.85. The zero-order chi connectivity index (χ0) is 12.1. The Morgan fingerprint density at radius 3 is 2.33 bits per heavy atom. The molecule has 1 aromatic heterocycles. The van der Waals surface area contributed by atoms with Crippen molar-refractivity contribution in [2.24, 2.45) is 23.7 Å². The van der Waals surface area contributed by atoms with Crippen LogP contribution in [0.3, 0.4) is 0 Å². The first-order valence-corrected chi connectivity index (χ1v) is 8.47. The summed E-state index contributed by atoms with van der Waals surface area (Å²) < 4.78 is 0. The smallest absolute Gasteiger partial charge is 0.0388 e. The van der Waals surface area contributed by atoms with E-state index >= 15 is 0 Å². The Labute approximate surface area is 114 Å². The van der Waals surface area contributed by atoms with E-state index in [1.54, 1.807) is 6.42 Å². The highest BCUT2D eigenvalue weighted by molar-refractivity contribution is 7.10. The Morgan fingerprint density at radius 1 is 1.11 bits per heavy atom. The molecule has 0 aliphatic heterocycles. The normalized spacial score (nSPS) is 43.3. The van der Waals surface area contributed by atoms with Gasteiger partial charge in [-0.2, -0.15) is 0 Å². The lowest BCUT2D eigenvalue weighted by Crippen LogP contribution is -2.54. The summed E-state index contributed by atoms with van der Waals surface area (Å²) in [6.45, 7) is 2.34. The number of thiophene rings is 1. The van der Waals surface area contributed by atoms with Gasteiger partial charge in [-0.15, -0.1) is 11.3 Å². The highest BCUT2D eigenvalue weighted by Crippen LogP contribution is 2.54. The minimum absolute atomic E-state index is 0.549. The van der Waals surface area contributed by atoms with Crippen molar-refractivity contribution >= 4 is 11.3 Å². The van der Waals surface area contributed by atoms with Crippen molar-refractivity contribution < 1.29 is 0 Å². The molecule has 5 rings (SSSR count). The lowest BCUT2D eigenvalue weighted by molar-refractivity contribution is -0.0169. The molecule has 4 saturated carbocycles. The van der Waals surface area contributed by atoms with Gasteiger partial charge in [0, 0.05) is 17.0 Å². The zero-order valence-corrected chi connectivity index (χ0v) is 12.0. The standard InChI is InChI=1S/C16H23NS/c1-10(15-3-2-4-18-15)17-16-13-6-11-5-12(8-13)9-14(16)7-11/h2-4,10-14,16-17H,5-9H2,1H3/t10-,11?,12?,13?,14?,16?/m1/s1. The van der Waals surface area contributed by atoms with Crippen molar-refractivity contribution in [1.29, 1.82) is 0 Å². The second-order valence-corrected chi connectivity index (χ2v) is 7.84. The highest BCUT2D eigenvalue weighted by atomic mass is 32.1. The third-order valence-electron chi connectivity index (χ3n) is 5.64. The summed E-state index contributed by atoms with van der Waals surface area (Å²) in [5, 5.41) is 6.17. The van der Waals surface area contributed by atoms with Crippen molar-refractivity contribution in [3.8, 4) is 0 Å². The topological polar surface area (TPSA) is 12.0 Å². The van der Waals surface area contributed by atoms with Crippen LogP contribution in [-0.2, 0) is 0 Å². The van der Waals surface area contributed by atoms with Crippen LogP contribution in [0.5, 0.6) is 0 Å². The lowest BCUT2D eigenvalue weighted by atomic mass is 9.54. The molecule has 4 aliphatic carbocycles. The fraction of sp³-hybridized carbons (Fsp3) is 0.750. The molecule has 1 N–H and O–H groups in total. The van der Waals surface area contributed by atoms with Gasteiger partial charge >= 0.3 is 0 Å². The van der Waals surface area contributed by atoms with E-state index in [-0.39, 0.29) is 0 Å². The van der Waals surface area contributed by atoms with E-state index < -0.39 is 0 Å². The Bertz CT molecular complexity index is 383.